The Bertz CT molecular complexity index is 570. The number of aromatic nitrogens is 2. The number of aromatic carboxylic acids is 1. The van der Waals surface area contributed by atoms with Crippen LogP contribution in [0.25, 0.3) is 10.9 Å². The van der Waals surface area contributed by atoms with E-state index >= 15 is 0 Å². The summed E-state index contributed by atoms with van der Waals surface area (Å²) in [5.41, 5.74) is 1.09. The zero-order chi connectivity index (χ0) is 11.8. The Morgan fingerprint density at radius 3 is 2.82 bits per heavy atom. The molecule has 0 aliphatic heterocycles. The third-order valence-electron chi connectivity index (χ3n) is 3.52. The van der Waals surface area contributed by atoms with Crippen LogP contribution in [0.5, 0.6) is 0 Å². The van der Waals surface area contributed by atoms with Crippen molar-refractivity contribution in [1.29, 1.82) is 0 Å². The highest BCUT2D eigenvalue weighted by Gasteiger charge is 2.21. The van der Waals surface area contributed by atoms with E-state index in [1.807, 2.05) is 28.9 Å². The molecule has 0 unspecified atom stereocenters. The number of carboxylic acids is 1. The number of nitrogens with zero attached hydrogens (tertiary/aromatic N) is 2. The van der Waals surface area contributed by atoms with Gasteiger partial charge in [-0.25, -0.2) is 4.79 Å². The number of rotatable bonds is 3. The predicted molar refractivity (Wildman–Crippen MR) is 64.0 cm³/mol. The smallest absolute Gasteiger partial charge is 0.357 e. The highest BCUT2D eigenvalue weighted by Crippen LogP contribution is 2.29. The minimum Gasteiger partial charge on any atom is -0.476 e. The summed E-state index contributed by atoms with van der Waals surface area (Å²) in [6, 6.07) is 7.54. The molecule has 0 saturated heterocycles. The molecule has 1 N–H and O–H groups in total. The van der Waals surface area contributed by atoms with Crippen molar-refractivity contribution in [3.63, 3.8) is 0 Å². The third-order valence-corrected chi connectivity index (χ3v) is 3.52. The van der Waals surface area contributed by atoms with Gasteiger partial charge in [-0.3, -0.25) is 4.68 Å². The number of hydrogen-bond acceptors (Lipinski definition) is 2. The van der Waals surface area contributed by atoms with Crippen molar-refractivity contribution in [1.82, 2.24) is 9.78 Å². The molecule has 0 bridgehead atoms. The average molecular weight is 230 g/mol. The molecule has 1 aromatic carbocycles. The van der Waals surface area contributed by atoms with Crippen LogP contribution in [0, 0.1) is 5.92 Å². The third kappa shape index (κ3) is 1.69. The lowest BCUT2D eigenvalue weighted by Gasteiger charge is -2.25. The van der Waals surface area contributed by atoms with Gasteiger partial charge in [0.15, 0.2) is 5.69 Å². The fourth-order valence-corrected chi connectivity index (χ4v) is 2.34. The molecule has 1 aromatic heterocycles. The van der Waals surface area contributed by atoms with Gasteiger partial charge in [0, 0.05) is 11.9 Å². The molecule has 1 aliphatic rings. The van der Waals surface area contributed by atoms with Crippen molar-refractivity contribution >= 4 is 16.9 Å². The molecular weight excluding hydrogens is 216 g/mol. The summed E-state index contributed by atoms with van der Waals surface area (Å²) < 4.78 is 1.85. The fraction of sp³-hybridized carbons (Fsp3) is 0.385. The molecule has 0 spiro atoms. The van der Waals surface area contributed by atoms with Crippen LogP contribution < -0.4 is 0 Å². The zero-order valence-electron chi connectivity index (χ0n) is 9.47. The normalized spacial score (nSPS) is 16.0. The maximum absolute atomic E-state index is 11.1. The number of fused-ring (bicyclic) bond motifs is 1. The highest BCUT2D eigenvalue weighted by molar-refractivity contribution is 6.01. The Labute approximate surface area is 98.9 Å². The minimum atomic E-state index is -0.950. The molecule has 0 amide bonds. The van der Waals surface area contributed by atoms with Crippen molar-refractivity contribution in [2.45, 2.75) is 25.8 Å². The van der Waals surface area contributed by atoms with Crippen molar-refractivity contribution in [3.05, 3.63) is 30.0 Å². The Morgan fingerprint density at radius 1 is 1.41 bits per heavy atom. The van der Waals surface area contributed by atoms with Gasteiger partial charge in [0.1, 0.15) is 0 Å². The van der Waals surface area contributed by atoms with Gasteiger partial charge in [0.05, 0.1) is 5.52 Å². The monoisotopic (exact) mass is 230 g/mol. The largest absolute Gasteiger partial charge is 0.476 e. The van der Waals surface area contributed by atoms with E-state index in [-0.39, 0.29) is 5.69 Å². The molecule has 1 aliphatic carbocycles. The van der Waals surface area contributed by atoms with Gasteiger partial charge < -0.3 is 5.11 Å². The second kappa shape index (κ2) is 3.87. The molecule has 4 heteroatoms. The Kier molecular flexibility index (Phi) is 2.35. The molecule has 1 heterocycles. The first-order valence-electron chi connectivity index (χ1n) is 5.94. The molecule has 0 radical (unpaired) electrons. The second-order valence-corrected chi connectivity index (χ2v) is 4.65. The van der Waals surface area contributed by atoms with Gasteiger partial charge in [-0.1, -0.05) is 24.6 Å². The lowest BCUT2D eigenvalue weighted by Crippen LogP contribution is -2.19. The summed E-state index contributed by atoms with van der Waals surface area (Å²) in [6.07, 6.45) is 3.75. The summed E-state index contributed by atoms with van der Waals surface area (Å²) in [4.78, 5) is 11.1. The van der Waals surface area contributed by atoms with E-state index in [1.165, 1.54) is 19.3 Å². The predicted octanol–water partition coefficient (Wildman–Crippen LogP) is 2.53. The van der Waals surface area contributed by atoms with E-state index < -0.39 is 5.97 Å². The molecule has 0 atom stereocenters. The van der Waals surface area contributed by atoms with Gasteiger partial charge in [0.25, 0.3) is 0 Å². The van der Waals surface area contributed by atoms with Gasteiger partial charge >= 0.3 is 5.97 Å². The lowest BCUT2D eigenvalue weighted by atomic mass is 9.85. The van der Waals surface area contributed by atoms with Gasteiger partial charge in [0.2, 0.25) is 0 Å². The van der Waals surface area contributed by atoms with Crippen LogP contribution in [-0.2, 0) is 6.54 Å². The Morgan fingerprint density at radius 2 is 2.18 bits per heavy atom. The summed E-state index contributed by atoms with van der Waals surface area (Å²) in [6.45, 7) is 0.841. The van der Waals surface area contributed by atoms with Crippen LogP contribution in [0.4, 0.5) is 0 Å². The highest BCUT2D eigenvalue weighted by atomic mass is 16.4. The number of benzene rings is 1. The van der Waals surface area contributed by atoms with Crippen LogP contribution in [-0.4, -0.2) is 20.9 Å². The van der Waals surface area contributed by atoms with Gasteiger partial charge in [-0.15, -0.1) is 0 Å². The zero-order valence-corrected chi connectivity index (χ0v) is 9.47. The van der Waals surface area contributed by atoms with Crippen LogP contribution in [0.15, 0.2) is 24.3 Å². The maximum Gasteiger partial charge on any atom is 0.357 e. The Balaban J connectivity index is 2.07. The van der Waals surface area contributed by atoms with E-state index in [2.05, 4.69) is 5.10 Å². The van der Waals surface area contributed by atoms with Gasteiger partial charge in [-0.05, 0) is 24.8 Å². The van der Waals surface area contributed by atoms with Crippen molar-refractivity contribution in [2.24, 2.45) is 5.92 Å². The van der Waals surface area contributed by atoms with Crippen LogP contribution >= 0.6 is 0 Å². The summed E-state index contributed by atoms with van der Waals surface area (Å²) in [7, 11) is 0. The number of para-hydroxylation sites is 1. The first-order chi connectivity index (χ1) is 8.25. The first kappa shape index (κ1) is 10.3. The second-order valence-electron chi connectivity index (χ2n) is 4.65. The van der Waals surface area contributed by atoms with E-state index in [0.717, 1.165) is 17.4 Å². The number of hydrogen-bond donors (Lipinski definition) is 1. The molecular formula is C13H14N2O2. The molecule has 88 valence electrons. The summed E-state index contributed by atoms with van der Waals surface area (Å²) >= 11 is 0. The molecule has 4 nitrogen and oxygen atoms in total. The van der Waals surface area contributed by atoms with Gasteiger partial charge in [-0.2, -0.15) is 5.10 Å². The van der Waals surface area contributed by atoms with Crippen LogP contribution in [0.1, 0.15) is 29.8 Å². The SMILES string of the molecule is O=C(O)c1nn(CC2CCC2)c2ccccc12. The van der Waals surface area contributed by atoms with Crippen LogP contribution in [0.2, 0.25) is 0 Å². The summed E-state index contributed by atoms with van der Waals surface area (Å²) in [5.74, 6) is -0.284. The lowest BCUT2D eigenvalue weighted by molar-refractivity contribution is 0.0691. The van der Waals surface area contributed by atoms with Crippen molar-refractivity contribution in [3.8, 4) is 0 Å². The van der Waals surface area contributed by atoms with Crippen molar-refractivity contribution < 1.29 is 9.90 Å². The minimum absolute atomic E-state index is 0.167. The molecule has 1 fully saturated rings. The molecule has 17 heavy (non-hydrogen) atoms. The molecule has 2 aromatic rings. The average Bonchev–Trinajstić information content (AvgIpc) is 2.63. The van der Waals surface area contributed by atoms with E-state index in [1.54, 1.807) is 0 Å². The quantitative estimate of drug-likeness (QED) is 0.881. The maximum atomic E-state index is 11.1. The molecule has 3 rings (SSSR count). The number of carboxylic acid groups (broad SMARTS) is 1. The standard InChI is InChI=1S/C13H14N2O2/c16-13(17)12-10-6-1-2-7-11(10)15(14-12)8-9-4-3-5-9/h1-2,6-7,9H,3-5,8H2,(H,16,17). The molecule has 1 saturated carbocycles. The Hall–Kier alpha value is -1.84. The number of carbonyl (C=O) groups is 1. The fourth-order valence-electron chi connectivity index (χ4n) is 2.34. The van der Waals surface area contributed by atoms with E-state index in [0.29, 0.717) is 5.92 Å². The van der Waals surface area contributed by atoms with E-state index in [4.69, 9.17) is 5.11 Å². The topological polar surface area (TPSA) is 55.1 Å². The first-order valence-corrected chi connectivity index (χ1v) is 5.94. The van der Waals surface area contributed by atoms with E-state index in [9.17, 15) is 4.79 Å². The van der Waals surface area contributed by atoms with Crippen LogP contribution in [0.3, 0.4) is 0 Å². The summed E-state index contributed by atoms with van der Waals surface area (Å²) in [5, 5.41) is 14.1. The van der Waals surface area contributed by atoms with Crippen molar-refractivity contribution in [2.75, 3.05) is 0 Å².